The molecular formula is C21H27N3O4. The second-order valence-electron chi connectivity index (χ2n) is 7.34. The summed E-state index contributed by atoms with van der Waals surface area (Å²) in [6.45, 7) is 7.56. The Bertz CT molecular complexity index is 825. The molecule has 4 rings (SSSR count). The molecule has 0 bridgehead atoms. The van der Waals surface area contributed by atoms with Gasteiger partial charge < -0.3 is 19.2 Å². The largest absolute Gasteiger partial charge is 0.502 e. The molecule has 28 heavy (non-hydrogen) atoms. The molecule has 7 nitrogen and oxygen atoms in total. The van der Waals surface area contributed by atoms with Crippen molar-refractivity contribution in [2.24, 2.45) is 0 Å². The van der Waals surface area contributed by atoms with Gasteiger partial charge in [-0.15, -0.1) is 0 Å². The number of nitrogens with zero attached hydrogens (tertiary/aromatic N) is 3. The van der Waals surface area contributed by atoms with Crippen LogP contribution in [0.5, 0.6) is 5.75 Å². The summed E-state index contributed by atoms with van der Waals surface area (Å²) in [4.78, 5) is 19.0. The number of benzene rings is 1. The molecule has 2 aromatic rings. The van der Waals surface area contributed by atoms with Crippen LogP contribution in [0.1, 0.15) is 11.5 Å². The predicted octanol–water partition coefficient (Wildman–Crippen LogP) is 1.50. The van der Waals surface area contributed by atoms with Crippen molar-refractivity contribution in [2.75, 3.05) is 57.4 Å². The third-order valence-corrected chi connectivity index (χ3v) is 5.39. The highest BCUT2D eigenvalue weighted by molar-refractivity contribution is 5.46. The molecule has 0 radical (unpaired) electrons. The molecule has 150 valence electrons. The van der Waals surface area contributed by atoms with E-state index in [4.69, 9.17) is 9.15 Å². The number of morpholine rings is 1. The van der Waals surface area contributed by atoms with Gasteiger partial charge in [-0.1, -0.05) is 18.2 Å². The molecule has 2 aliphatic heterocycles. The maximum absolute atomic E-state index is 12.2. The van der Waals surface area contributed by atoms with E-state index < -0.39 is 0 Å². The Kier molecular flexibility index (Phi) is 5.95. The van der Waals surface area contributed by atoms with Crippen LogP contribution in [0.25, 0.3) is 0 Å². The maximum Gasteiger partial charge on any atom is 0.227 e. The average Bonchev–Trinajstić information content (AvgIpc) is 2.74. The Balaban J connectivity index is 1.39. The van der Waals surface area contributed by atoms with Crippen molar-refractivity contribution in [1.82, 2.24) is 9.80 Å². The molecular weight excluding hydrogens is 358 g/mol. The molecule has 2 fully saturated rings. The molecule has 7 heteroatoms. The zero-order valence-electron chi connectivity index (χ0n) is 16.0. The Labute approximate surface area is 164 Å². The number of rotatable bonds is 5. The van der Waals surface area contributed by atoms with Crippen LogP contribution in [0.3, 0.4) is 0 Å². The smallest absolute Gasteiger partial charge is 0.227 e. The average molecular weight is 385 g/mol. The van der Waals surface area contributed by atoms with Gasteiger partial charge in [0.2, 0.25) is 11.2 Å². The number of ether oxygens (including phenoxy) is 1. The molecule has 0 amide bonds. The number of hydrogen-bond acceptors (Lipinski definition) is 7. The van der Waals surface area contributed by atoms with Gasteiger partial charge in [0.15, 0.2) is 5.76 Å². The van der Waals surface area contributed by atoms with E-state index in [9.17, 15) is 9.90 Å². The maximum atomic E-state index is 12.2. The van der Waals surface area contributed by atoms with Crippen LogP contribution in [0.15, 0.2) is 45.6 Å². The van der Waals surface area contributed by atoms with Crippen molar-refractivity contribution < 1.29 is 14.3 Å². The first kappa shape index (κ1) is 19.0. The fraction of sp³-hybridized carbons (Fsp3) is 0.476. The third kappa shape index (κ3) is 4.55. The Morgan fingerprint density at radius 3 is 2.29 bits per heavy atom. The highest BCUT2D eigenvalue weighted by Crippen LogP contribution is 2.20. The minimum absolute atomic E-state index is 0.267. The highest BCUT2D eigenvalue weighted by Gasteiger charge is 2.21. The van der Waals surface area contributed by atoms with Gasteiger partial charge in [-0.25, -0.2) is 0 Å². The molecule has 1 N–H and O–H groups in total. The number of aromatic hydroxyl groups is 1. The van der Waals surface area contributed by atoms with E-state index in [-0.39, 0.29) is 11.2 Å². The summed E-state index contributed by atoms with van der Waals surface area (Å²) in [6, 6.07) is 11.8. The van der Waals surface area contributed by atoms with Gasteiger partial charge in [0.05, 0.1) is 26.3 Å². The molecule has 1 aromatic carbocycles. The Morgan fingerprint density at radius 1 is 0.893 bits per heavy atom. The molecule has 0 atom stereocenters. The van der Waals surface area contributed by atoms with Gasteiger partial charge in [0.1, 0.15) is 5.76 Å². The highest BCUT2D eigenvalue weighted by atomic mass is 16.5. The molecule has 1 aromatic heterocycles. The number of para-hydroxylation sites is 1. The lowest BCUT2D eigenvalue weighted by atomic mass is 10.2. The number of anilines is 1. The van der Waals surface area contributed by atoms with Gasteiger partial charge in [-0.05, 0) is 12.1 Å². The second kappa shape index (κ2) is 8.77. The minimum atomic E-state index is -0.368. The summed E-state index contributed by atoms with van der Waals surface area (Å²) in [5.74, 6) is 0.697. The van der Waals surface area contributed by atoms with Gasteiger partial charge in [-0.2, -0.15) is 0 Å². The van der Waals surface area contributed by atoms with Gasteiger partial charge in [0, 0.05) is 51.0 Å². The Morgan fingerprint density at radius 2 is 1.57 bits per heavy atom. The second-order valence-corrected chi connectivity index (χ2v) is 7.34. The number of hydrogen-bond donors (Lipinski definition) is 1. The predicted molar refractivity (Wildman–Crippen MR) is 107 cm³/mol. The van der Waals surface area contributed by atoms with Gasteiger partial charge in [0.25, 0.3) is 0 Å². The minimum Gasteiger partial charge on any atom is -0.502 e. The van der Waals surface area contributed by atoms with Crippen LogP contribution >= 0.6 is 0 Å². The SMILES string of the molecule is O=c1cc(CN2CCOCC2)oc(CN2CCN(c3ccccc3)CC2)c1O. The molecule has 0 spiro atoms. The number of piperazine rings is 1. The third-order valence-electron chi connectivity index (χ3n) is 5.39. The van der Waals surface area contributed by atoms with Crippen molar-refractivity contribution in [1.29, 1.82) is 0 Å². The van der Waals surface area contributed by atoms with Crippen LogP contribution < -0.4 is 10.3 Å². The van der Waals surface area contributed by atoms with Crippen LogP contribution in [0.2, 0.25) is 0 Å². The van der Waals surface area contributed by atoms with E-state index in [1.807, 2.05) is 18.2 Å². The Hall–Kier alpha value is -2.35. The van der Waals surface area contributed by atoms with E-state index in [0.717, 1.165) is 39.3 Å². The van der Waals surface area contributed by atoms with E-state index in [0.29, 0.717) is 37.8 Å². The van der Waals surface area contributed by atoms with E-state index in [1.165, 1.54) is 11.8 Å². The normalized spacial score (nSPS) is 19.1. The van der Waals surface area contributed by atoms with Crippen LogP contribution in [0.4, 0.5) is 5.69 Å². The standard InChI is InChI=1S/C21H27N3O4/c25-19-14-18(15-23-10-12-27-13-11-23)28-20(21(19)26)16-22-6-8-24(9-7-22)17-4-2-1-3-5-17/h1-5,14,26H,6-13,15-16H2. The lowest BCUT2D eigenvalue weighted by Crippen LogP contribution is -2.46. The van der Waals surface area contributed by atoms with E-state index >= 15 is 0 Å². The molecule has 2 aliphatic rings. The molecule has 0 unspecified atom stereocenters. The topological polar surface area (TPSA) is 69.4 Å². The van der Waals surface area contributed by atoms with Crippen LogP contribution in [-0.4, -0.2) is 67.4 Å². The van der Waals surface area contributed by atoms with Crippen molar-refractivity contribution in [3.63, 3.8) is 0 Å². The lowest BCUT2D eigenvalue weighted by molar-refractivity contribution is 0.0306. The summed E-state index contributed by atoms with van der Waals surface area (Å²) in [7, 11) is 0. The summed E-state index contributed by atoms with van der Waals surface area (Å²) >= 11 is 0. The fourth-order valence-electron chi connectivity index (χ4n) is 3.76. The van der Waals surface area contributed by atoms with Crippen molar-refractivity contribution in [2.45, 2.75) is 13.1 Å². The molecule has 2 saturated heterocycles. The first-order valence-corrected chi connectivity index (χ1v) is 9.86. The summed E-state index contributed by atoms with van der Waals surface area (Å²) in [5, 5.41) is 10.2. The van der Waals surface area contributed by atoms with Crippen LogP contribution in [0, 0.1) is 0 Å². The fourth-order valence-corrected chi connectivity index (χ4v) is 3.76. The molecule has 0 saturated carbocycles. The monoisotopic (exact) mass is 385 g/mol. The first-order chi connectivity index (χ1) is 13.7. The molecule has 3 heterocycles. The summed E-state index contributed by atoms with van der Waals surface area (Å²) in [6.07, 6.45) is 0. The first-order valence-electron chi connectivity index (χ1n) is 9.86. The summed E-state index contributed by atoms with van der Waals surface area (Å²) < 4.78 is 11.3. The van der Waals surface area contributed by atoms with E-state index in [1.54, 1.807) is 0 Å². The van der Waals surface area contributed by atoms with Crippen molar-refractivity contribution in [3.8, 4) is 5.75 Å². The quantitative estimate of drug-likeness (QED) is 0.836. The molecule has 0 aliphatic carbocycles. The lowest BCUT2D eigenvalue weighted by Gasteiger charge is -2.35. The zero-order valence-corrected chi connectivity index (χ0v) is 16.0. The zero-order chi connectivity index (χ0) is 19.3. The van der Waals surface area contributed by atoms with E-state index in [2.05, 4.69) is 26.8 Å². The van der Waals surface area contributed by atoms with Crippen molar-refractivity contribution in [3.05, 3.63) is 58.1 Å². The van der Waals surface area contributed by atoms with Crippen molar-refractivity contribution >= 4 is 5.69 Å². The summed E-state index contributed by atoms with van der Waals surface area (Å²) in [5.41, 5.74) is 0.858. The van der Waals surface area contributed by atoms with Crippen LogP contribution in [-0.2, 0) is 17.8 Å². The van der Waals surface area contributed by atoms with Gasteiger partial charge >= 0.3 is 0 Å². The van der Waals surface area contributed by atoms with Gasteiger partial charge in [-0.3, -0.25) is 14.6 Å².